The molecular formula is C30H46F2O6. The van der Waals surface area contributed by atoms with Gasteiger partial charge in [0.2, 0.25) is 0 Å². The number of cyclic esters (lactones) is 1. The van der Waals surface area contributed by atoms with Crippen LogP contribution in [-0.2, 0) is 23.8 Å². The number of aliphatic hydroxyl groups is 1. The van der Waals surface area contributed by atoms with Gasteiger partial charge < -0.3 is 19.3 Å². The first-order chi connectivity index (χ1) is 17.7. The van der Waals surface area contributed by atoms with Gasteiger partial charge in [-0.05, 0) is 64.0 Å². The van der Waals surface area contributed by atoms with Crippen LogP contribution < -0.4 is 0 Å². The molecule has 0 radical (unpaired) electrons. The topological polar surface area (TPSA) is 85.4 Å². The lowest BCUT2D eigenvalue weighted by molar-refractivity contribution is -0.152. The van der Waals surface area contributed by atoms with E-state index in [1.807, 2.05) is 45.9 Å². The minimum absolute atomic E-state index is 0.0228. The van der Waals surface area contributed by atoms with Crippen molar-refractivity contribution in [3.63, 3.8) is 0 Å². The van der Waals surface area contributed by atoms with E-state index in [0.717, 1.165) is 12.0 Å². The Morgan fingerprint density at radius 3 is 2.68 bits per heavy atom. The quantitative estimate of drug-likeness (QED) is 0.164. The number of alkyl halides is 2. The Kier molecular flexibility index (Phi) is 11.7. The summed E-state index contributed by atoms with van der Waals surface area (Å²) in [6.45, 7) is 11.8. The van der Waals surface area contributed by atoms with Crippen molar-refractivity contribution in [1.29, 1.82) is 0 Å². The Morgan fingerprint density at radius 1 is 1.37 bits per heavy atom. The van der Waals surface area contributed by atoms with Gasteiger partial charge in [-0.2, -0.15) is 0 Å². The van der Waals surface area contributed by atoms with Crippen LogP contribution in [0.25, 0.3) is 0 Å². The summed E-state index contributed by atoms with van der Waals surface area (Å²) in [5, 5.41) is 10.3. The zero-order chi connectivity index (χ0) is 28.7. The number of epoxide rings is 1. The molecule has 0 spiro atoms. The van der Waals surface area contributed by atoms with E-state index in [1.54, 1.807) is 13.0 Å². The van der Waals surface area contributed by atoms with E-state index in [4.69, 9.17) is 14.2 Å². The molecule has 2 rings (SSSR count). The van der Waals surface area contributed by atoms with Crippen molar-refractivity contribution in [3.8, 4) is 0 Å². The molecule has 9 atom stereocenters. The van der Waals surface area contributed by atoms with Gasteiger partial charge in [-0.1, -0.05) is 51.5 Å². The SMILES string of the molecule is CCCC(C)(F)C1OC1CC(C)/C=C/C=C(\C)C1OC(=O)CC(O)CCC(C)(F)C(OC(C)=O)/C=C/C1C. The highest BCUT2D eigenvalue weighted by Crippen LogP contribution is 2.41. The average Bonchev–Trinajstić information content (AvgIpc) is 3.57. The summed E-state index contributed by atoms with van der Waals surface area (Å²) in [5.74, 6) is -1.37. The monoisotopic (exact) mass is 540 g/mol. The number of esters is 2. The van der Waals surface area contributed by atoms with Gasteiger partial charge in [0, 0.05) is 12.8 Å². The molecule has 1 fully saturated rings. The highest BCUT2D eigenvalue weighted by atomic mass is 19.1. The summed E-state index contributed by atoms with van der Waals surface area (Å²) in [7, 11) is 0. The highest BCUT2D eigenvalue weighted by Gasteiger charge is 2.52. The van der Waals surface area contributed by atoms with Crippen LogP contribution in [0.3, 0.4) is 0 Å². The van der Waals surface area contributed by atoms with E-state index in [-0.39, 0.29) is 43.3 Å². The summed E-state index contributed by atoms with van der Waals surface area (Å²) in [6.07, 6.45) is 7.28. The van der Waals surface area contributed by atoms with E-state index < -0.39 is 41.6 Å². The standard InChI is InChI=1S/C30H46F2O6/c1-8-15-30(7,32)28-24(37-28)17-19(2)10-9-11-20(3)27-21(4)12-13-25(36-22(5)33)29(6,31)16-14-23(34)18-26(35)38-27/h9-13,19,21,23-25,27-28,34H,8,14-18H2,1-7H3/b10-9+,13-12+,20-11+. The first-order valence-electron chi connectivity index (χ1n) is 13.8. The molecule has 0 amide bonds. The van der Waals surface area contributed by atoms with Crippen molar-refractivity contribution < 1.29 is 37.7 Å². The van der Waals surface area contributed by atoms with Crippen LogP contribution in [0.5, 0.6) is 0 Å². The van der Waals surface area contributed by atoms with Crippen molar-refractivity contribution in [3.05, 3.63) is 36.0 Å². The number of carbonyl (C=O) groups excluding carboxylic acids is 2. The first kappa shape index (κ1) is 32.2. The fraction of sp³-hybridized carbons (Fsp3) is 0.733. The fourth-order valence-corrected chi connectivity index (χ4v) is 5.03. The maximum absolute atomic E-state index is 15.4. The summed E-state index contributed by atoms with van der Waals surface area (Å²) in [4.78, 5) is 24.1. The molecule has 1 N–H and O–H groups in total. The smallest absolute Gasteiger partial charge is 0.309 e. The first-order valence-corrected chi connectivity index (χ1v) is 13.8. The Bertz CT molecular complexity index is 893. The largest absolute Gasteiger partial charge is 0.457 e. The minimum atomic E-state index is -1.91. The fourth-order valence-electron chi connectivity index (χ4n) is 5.03. The normalized spacial score (nSPS) is 36.4. The molecule has 0 bridgehead atoms. The van der Waals surface area contributed by atoms with E-state index in [1.165, 1.54) is 19.9 Å². The molecule has 2 heterocycles. The van der Waals surface area contributed by atoms with Crippen LogP contribution in [0.2, 0.25) is 0 Å². The maximum atomic E-state index is 15.4. The number of ether oxygens (including phenoxy) is 3. The number of carbonyl (C=O) groups is 2. The number of allylic oxidation sites excluding steroid dienone is 3. The van der Waals surface area contributed by atoms with E-state index in [0.29, 0.717) is 12.8 Å². The van der Waals surface area contributed by atoms with E-state index >= 15 is 4.39 Å². The zero-order valence-electron chi connectivity index (χ0n) is 23.9. The summed E-state index contributed by atoms with van der Waals surface area (Å²) < 4.78 is 46.6. The van der Waals surface area contributed by atoms with Gasteiger partial charge in [0.15, 0.2) is 6.10 Å². The number of hydrogen-bond acceptors (Lipinski definition) is 6. The number of aliphatic hydroxyl groups excluding tert-OH is 1. The van der Waals surface area contributed by atoms with Gasteiger partial charge in [0.25, 0.3) is 0 Å². The van der Waals surface area contributed by atoms with E-state index in [9.17, 15) is 19.1 Å². The van der Waals surface area contributed by atoms with Crippen LogP contribution in [0, 0.1) is 11.8 Å². The number of rotatable bonds is 9. The van der Waals surface area contributed by atoms with Crippen molar-refractivity contribution in [2.24, 2.45) is 11.8 Å². The van der Waals surface area contributed by atoms with Gasteiger partial charge in [-0.3, -0.25) is 9.59 Å². The molecule has 0 aromatic rings. The molecule has 0 aliphatic carbocycles. The van der Waals surface area contributed by atoms with Crippen LogP contribution >= 0.6 is 0 Å². The molecule has 2 aliphatic rings. The van der Waals surface area contributed by atoms with Crippen molar-refractivity contribution in [2.75, 3.05) is 0 Å². The Hall–Kier alpha value is -2.06. The van der Waals surface area contributed by atoms with Gasteiger partial charge in [-0.15, -0.1) is 0 Å². The second-order valence-corrected chi connectivity index (χ2v) is 11.5. The molecule has 38 heavy (non-hydrogen) atoms. The summed E-state index contributed by atoms with van der Waals surface area (Å²) in [5.41, 5.74) is -2.45. The molecule has 0 saturated carbocycles. The predicted octanol–water partition coefficient (Wildman–Crippen LogP) is 6.12. The van der Waals surface area contributed by atoms with Crippen LogP contribution in [-0.4, -0.2) is 58.9 Å². The van der Waals surface area contributed by atoms with Gasteiger partial charge in [0.05, 0.1) is 18.6 Å². The number of halogens is 2. The maximum Gasteiger partial charge on any atom is 0.309 e. The molecule has 216 valence electrons. The molecule has 6 nitrogen and oxygen atoms in total. The molecule has 0 aromatic heterocycles. The second-order valence-electron chi connectivity index (χ2n) is 11.5. The zero-order valence-corrected chi connectivity index (χ0v) is 23.9. The number of hydrogen-bond donors (Lipinski definition) is 1. The van der Waals surface area contributed by atoms with Gasteiger partial charge in [0.1, 0.15) is 23.5 Å². The third-order valence-corrected chi connectivity index (χ3v) is 7.35. The van der Waals surface area contributed by atoms with E-state index in [2.05, 4.69) is 0 Å². The van der Waals surface area contributed by atoms with Crippen molar-refractivity contribution >= 4 is 11.9 Å². The minimum Gasteiger partial charge on any atom is -0.457 e. The molecule has 8 heteroatoms. The van der Waals surface area contributed by atoms with Gasteiger partial charge >= 0.3 is 11.9 Å². The van der Waals surface area contributed by atoms with Crippen LogP contribution in [0.4, 0.5) is 8.78 Å². The van der Waals surface area contributed by atoms with Crippen LogP contribution in [0.1, 0.15) is 87.0 Å². The third kappa shape index (κ3) is 9.92. The Labute approximate surface area is 226 Å². The van der Waals surface area contributed by atoms with Crippen molar-refractivity contribution in [1.82, 2.24) is 0 Å². The highest BCUT2D eigenvalue weighted by molar-refractivity contribution is 5.70. The molecular weight excluding hydrogens is 494 g/mol. The lowest BCUT2D eigenvalue weighted by atomic mass is 9.90. The Morgan fingerprint density at radius 2 is 2.05 bits per heavy atom. The Balaban J connectivity index is 2.14. The molecule has 9 unspecified atom stereocenters. The molecule has 2 aliphatic heterocycles. The second kappa shape index (κ2) is 13.8. The average molecular weight is 541 g/mol. The van der Waals surface area contributed by atoms with Crippen LogP contribution in [0.15, 0.2) is 36.0 Å². The predicted molar refractivity (Wildman–Crippen MR) is 143 cm³/mol. The van der Waals surface area contributed by atoms with Gasteiger partial charge in [-0.25, -0.2) is 8.78 Å². The third-order valence-electron chi connectivity index (χ3n) is 7.35. The lowest BCUT2D eigenvalue weighted by Crippen LogP contribution is -2.38. The lowest BCUT2D eigenvalue weighted by Gasteiger charge is -2.30. The van der Waals surface area contributed by atoms with Crippen molar-refractivity contribution in [2.45, 2.75) is 129 Å². The molecule has 0 aromatic carbocycles. The summed E-state index contributed by atoms with van der Waals surface area (Å²) >= 11 is 0. The molecule has 1 saturated heterocycles. The summed E-state index contributed by atoms with van der Waals surface area (Å²) in [6, 6.07) is 0.